The molecule has 1 aromatic heterocycles. The van der Waals surface area contributed by atoms with Gasteiger partial charge in [0.1, 0.15) is 23.5 Å². The van der Waals surface area contributed by atoms with E-state index in [2.05, 4.69) is 15.6 Å². The summed E-state index contributed by atoms with van der Waals surface area (Å²) < 4.78 is 5.65. The van der Waals surface area contributed by atoms with Crippen LogP contribution in [0.15, 0.2) is 66.9 Å². The number of benzene rings is 2. The molecule has 2 atom stereocenters. The van der Waals surface area contributed by atoms with E-state index in [9.17, 15) is 19.2 Å². The van der Waals surface area contributed by atoms with Gasteiger partial charge in [0, 0.05) is 24.0 Å². The Morgan fingerprint density at radius 3 is 2.48 bits per heavy atom. The smallest absolute Gasteiger partial charge is 0.411 e. The van der Waals surface area contributed by atoms with Crippen molar-refractivity contribution in [3.8, 4) is 0 Å². The molecule has 3 heterocycles. The molecule has 2 aromatic carbocycles. The van der Waals surface area contributed by atoms with Crippen molar-refractivity contribution < 1.29 is 23.9 Å². The zero-order chi connectivity index (χ0) is 31.4. The first-order valence-electron chi connectivity index (χ1n) is 14.8. The number of pyridine rings is 1. The number of rotatable bonds is 4. The molecule has 6 rings (SSSR count). The SMILES string of the molecule is CC(C)(C)OC(=O)N1CC(c2ccccc2)N(CC(=O)Nc2ccc3c(c2)CC2(C3)C(=O)Nc3ncccc32)C(=O)C1(C)C. The van der Waals surface area contributed by atoms with Crippen LogP contribution < -0.4 is 10.6 Å². The molecule has 1 saturated heterocycles. The molecule has 1 aliphatic carbocycles. The Morgan fingerprint density at radius 2 is 1.75 bits per heavy atom. The van der Waals surface area contributed by atoms with Crippen molar-refractivity contribution in [1.82, 2.24) is 14.8 Å². The average molecular weight is 596 g/mol. The first kappa shape index (κ1) is 29.3. The molecule has 0 bridgehead atoms. The van der Waals surface area contributed by atoms with Crippen LogP contribution in [0.4, 0.5) is 16.3 Å². The molecular formula is C34H37N5O5. The zero-order valence-electron chi connectivity index (χ0n) is 25.6. The molecule has 2 unspecified atom stereocenters. The number of nitrogens with one attached hydrogen (secondary N) is 2. The first-order valence-corrected chi connectivity index (χ1v) is 14.8. The number of nitrogens with zero attached hydrogens (tertiary/aromatic N) is 3. The lowest BCUT2D eigenvalue weighted by Gasteiger charge is -2.49. The second kappa shape index (κ2) is 10.5. The fourth-order valence-electron chi connectivity index (χ4n) is 6.57. The predicted octanol–water partition coefficient (Wildman–Crippen LogP) is 4.61. The van der Waals surface area contributed by atoms with Gasteiger partial charge in [-0.2, -0.15) is 0 Å². The number of piperazine rings is 1. The van der Waals surface area contributed by atoms with E-state index >= 15 is 0 Å². The Bertz CT molecular complexity index is 1660. The Kier molecular flexibility index (Phi) is 6.98. The molecule has 44 heavy (non-hydrogen) atoms. The molecule has 4 amide bonds. The summed E-state index contributed by atoms with van der Waals surface area (Å²) in [6.45, 7) is 8.67. The normalized spacial score (nSPS) is 22.0. The van der Waals surface area contributed by atoms with E-state index in [-0.39, 0.29) is 30.8 Å². The molecule has 2 N–H and O–H groups in total. The lowest BCUT2D eigenvalue weighted by atomic mass is 9.79. The Hall–Kier alpha value is -4.73. The number of carbonyl (C=O) groups is 4. The van der Waals surface area contributed by atoms with E-state index in [1.165, 1.54) is 4.90 Å². The monoisotopic (exact) mass is 595 g/mol. The van der Waals surface area contributed by atoms with Crippen molar-refractivity contribution >= 4 is 35.3 Å². The molecule has 0 radical (unpaired) electrons. The van der Waals surface area contributed by atoms with E-state index in [0.717, 1.165) is 22.3 Å². The number of ether oxygens (including phenoxy) is 1. The number of anilines is 2. The summed E-state index contributed by atoms with van der Waals surface area (Å²) in [6, 6.07) is 18.3. The van der Waals surface area contributed by atoms with Crippen LogP contribution in [0.3, 0.4) is 0 Å². The molecule has 10 nitrogen and oxygen atoms in total. The van der Waals surface area contributed by atoms with E-state index < -0.39 is 28.7 Å². The standard InChI is InChI=1S/C34H37N5O5/c1-32(2,3)44-31(43)39-19-26(21-10-7-6-8-11-21)38(30(42)33(39,4)5)20-27(40)36-24-14-13-22-17-34(18-23(22)16-24)25-12-9-15-35-28(25)37-29(34)41/h6-16,26H,17-20H2,1-5H3,(H,36,40)(H,35,37,41). The highest BCUT2D eigenvalue weighted by Gasteiger charge is 2.52. The highest BCUT2D eigenvalue weighted by Crippen LogP contribution is 2.47. The van der Waals surface area contributed by atoms with Crippen LogP contribution >= 0.6 is 0 Å². The van der Waals surface area contributed by atoms with Gasteiger partial charge in [0.2, 0.25) is 17.7 Å². The van der Waals surface area contributed by atoms with Crippen molar-refractivity contribution in [1.29, 1.82) is 0 Å². The maximum Gasteiger partial charge on any atom is 0.411 e. The minimum absolute atomic E-state index is 0.0633. The van der Waals surface area contributed by atoms with E-state index in [4.69, 9.17) is 4.74 Å². The molecule has 228 valence electrons. The molecule has 1 spiro atoms. The fraction of sp³-hybridized carbons (Fsp3) is 0.382. The van der Waals surface area contributed by atoms with Crippen LogP contribution in [0.5, 0.6) is 0 Å². The number of hydrogen-bond acceptors (Lipinski definition) is 6. The highest BCUT2D eigenvalue weighted by atomic mass is 16.6. The van der Waals surface area contributed by atoms with Crippen molar-refractivity contribution in [3.05, 3.63) is 89.1 Å². The van der Waals surface area contributed by atoms with Crippen molar-refractivity contribution in [3.63, 3.8) is 0 Å². The van der Waals surface area contributed by atoms with E-state index in [1.54, 1.807) is 45.7 Å². The molecule has 3 aromatic rings. The number of amides is 4. The van der Waals surface area contributed by atoms with Gasteiger partial charge in [-0.05, 0) is 82.3 Å². The minimum Gasteiger partial charge on any atom is -0.444 e. The lowest BCUT2D eigenvalue weighted by molar-refractivity contribution is -0.155. The highest BCUT2D eigenvalue weighted by molar-refractivity contribution is 6.06. The van der Waals surface area contributed by atoms with Crippen LogP contribution in [0, 0.1) is 0 Å². The summed E-state index contributed by atoms with van der Waals surface area (Å²) in [4.78, 5) is 61.1. The van der Waals surface area contributed by atoms with Crippen molar-refractivity contribution in [2.24, 2.45) is 0 Å². The van der Waals surface area contributed by atoms with E-state index in [0.29, 0.717) is 24.3 Å². The summed E-state index contributed by atoms with van der Waals surface area (Å²) in [7, 11) is 0. The summed E-state index contributed by atoms with van der Waals surface area (Å²) >= 11 is 0. The van der Waals surface area contributed by atoms with Crippen LogP contribution in [-0.4, -0.2) is 62.8 Å². The number of aromatic nitrogens is 1. The maximum atomic E-state index is 14.0. The van der Waals surface area contributed by atoms with Crippen LogP contribution in [-0.2, 0) is 37.4 Å². The van der Waals surface area contributed by atoms with Gasteiger partial charge in [-0.25, -0.2) is 9.78 Å². The third kappa shape index (κ3) is 5.08. The fourth-order valence-corrected chi connectivity index (χ4v) is 6.57. The van der Waals surface area contributed by atoms with Gasteiger partial charge < -0.3 is 20.3 Å². The van der Waals surface area contributed by atoms with Gasteiger partial charge in [0.05, 0.1) is 11.5 Å². The predicted molar refractivity (Wildman–Crippen MR) is 165 cm³/mol. The zero-order valence-corrected chi connectivity index (χ0v) is 25.6. The van der Waals surface area contributed by atoms with Crippen molar-refractivity contribution in [2.45, 2.75) is 70.1 Å². The van der Waals surface area contributed by atoms with Gasteiger partial charge in [-0.3, -0.25) is 19.3 Å². The van der Waals surface area contributed by atoms with Gasteiger partial charge in [-0.1, -0.05) is 42.5 Å². The van der Waals surface area contributed by atoms with Crippen LogP contribution in [0.25, 0.3) is 0 Å². The van der Waals surface area contributed by atoms with Gasteiger partial charge in [-0.15, -0.1) is 0 Å². The molecular weight excluding hydrogens is 558 g/mol. The van der Waals surface area contributed by atoms with Gasteiger partial charge >= 0.3 is 6.09 Å². The Labute approximate surface area is 256 Å². The molecule has 0 saturated carbocycles. The minimum atomic E-state index is -1.23. The largest absolute Gasteiger partial charge is 0.444 e. The average Bonchev–Trinajstić information content (AvgIpc) is 3.47. The Balaban J connectivity index is 1.22. The molecule has 2 aliphatic heterocycles. The third-order valence-electron chi connectivity index (χ3n) is 8.77. The topological polar surface area (TPSA) is 121 Å². The third-order valence-corrected chi connectivity index (χ3v) is 8.77. The molecule has 3 aliphatic rings. The van der Waals surface area contributed by atoms with Crippen LogP contribution in [0.2, 0.25) is 0 Å². The summed E-state index contributed by atoms with van der Waals surface area (Å²) in [5, 5.41) is 5.88. The van der Waals surface area contributed by atoms with Gasteiger partial charge in [0.15, 0.2) is 0 Å². The van der Waals surface area contributed by atoms with Crippen LogP contribution in [0.1, 0.15) is 62.9 Å². The second-order valence-corrected chi connectivity index (χ2v) is 13.3. The maximum absolute atomic E-state index is 14.0. The number of carbonyl (C=O) groups excluding carboxylic acids is 4. The Morgan fingerprint density at radius 1 is 1.02 bits per heavy atom. The molecule has 1 fully saturated rings. The van der Waals surface area contributed by atoms with Gasteiger partial charge in [0.25, 0.3) is 0 Å². The quantitative estimate of drug-likeness (QED) is 0.455. The first-order chi connectivity index (χ1) is 20.8. The summed E-state index contributed by atoms with van der Waals surface area (Å²) in [5.41, 5.74) is 1.66. The number of fused-ring (bicyclic) bond motifs is 3. The summed E-state index contributed by atoms with van der Waals surface area (Å²) in [6.07, 6.45) is 2.16. The number of hydrogen-bond donors (Lipinski definition) is 2. The summed E-state index contributed by atoms with van der Waals surface area (Å²) in [5.74, 6) is -0.173. The van der Waals surface area contributed by atoms with E-state index in [1.807, 2.05) is 60.7 Å². The van der Waals surface area contributed by atoms with Crippen molar-refractivity contribution in [2.75, 3.05) is 23.7 Å². The second-order valence-electron chi connectivity index (χ2n) is 13.3. The lowest BCUT2D eigenvalue weighted by Crippen LogP contribution is -2.66. The molecule has 10 heteroatoms.